The summed E-state index contributed by atoms with van der Waals surface area (Å²) in [4.78, 5) is 17.5. The number of benzene rings is 2. The predicted molar refractivity (Wildman–Crippen MR) is 103 cm³/mol. The van der Waals surface area contributed by atoms with Crippen LogP contribution < -0.4 is 5.48 Å². The van der Waals surface area contributed by atoms with E-state index in [0.717, 1.165) is 11.1 Å². The summed E-state index contributed by atoms with van der Waals surface area (Å²) in [6.07, 6.45) is -2.20. The number of hydroxylamine groups is 1. The summed E-state index contributed by atoms with van der Waals surface area (Å²) in [6, 6.07) is 19.1. The Morgan fingerprint density at radius 3 is 2.52 bits per heavy atom. The van der Waals surface area contributed by atoms with E-state index in [1.54, 1.807) is 0 Å². The first-order valence-electron chi connectivity index (χ1n) is 9.77. The normalized spacial score (nSPS) is 29.1. The molecule has 2 heterocycles. The lowest BCUT2D eigenvalue weighted by atomic mass is 9.89. The second-order valence-electron chi connectivity index (χ2n) is 7.30. The number of ether oxygens (including phenoxy) is 3. The highest BCUT2D eigenvalue weighted by molar-refractivity contribution is 5.75. The Kier molecular flexibility index (Phi) is 6.53. The van der Waals surface area contributed by atoms with Gasteiger partial charge >= 0.3 is 0 Å². The van der Waals surface area contributed by atoms with Gasteiger partial charge in [0.05, 0.1) is 25.9 Å². The van der Waals surface area contributed by atoms with Gasteiger partial charge in [-0.2, -0.15) is 0 Å². The smallest absolute Gasteiger partial charge is 0.244 e. The fraction of sp³-hybridized carbons (Fsp3) is 0.409. The third-order valence-corrected chi connectivity index (χ3v) is 5.19. The number of aliphatic hydroxyl groups is 1. The standard InChI is InChI=1S/C22H25NO6/c24-19(23-28-12-15-7-3-1-4-8-15)11-17-13-26-18-14-27-22(29-21(18)20(17)25)16-9-5-2-6-10-16/h1-10,17-18,20-22,25H,11-14H2,(H,23,24)/t17-,18+,20+,21+,22?/m0/s1. The Morgan fingerprint density at radius 2 is 1.76 bits per heavy atom. The van der Waals surface area contributed by atoms with Crippen LogP contribution in [0.3, 0.4) is 0 Å². The number of fused-ring (bicyclic) bond motifs is 1. The quantitative estimate of drug-likeness (QED) is 0.724. The number of hydrogen-bond acceptors (Lipinski definition) is 6. The number of rotatable bonds is 6. The number of carbonyl (C=O) groups is 1. The summed E-state index contributed by atoms with van der Waals surface area (Å²) in [6.45, 7) is 0.873. The van der Waals surface area contributed by atoms with Crippen molar-refractivity contribution < 1.29 is 28.9 Å². The molecule has 5 atom stereocenters. The van der Waals surface area contributed by atoms with Crippen LogP contribution in [0, 0.1) is 5.92 Å². The highest BCUT2D eigenvalue weighted by Gasteiger charge is 2.45. The molecule has 0 aliphatic carbocycles. The summed E-state index contributed by atoms with van der Waals surface area (Å²) in [5.74, 6) is -0.690. The molecule has 2 fully saturated rings. The molecule has 2 aromatic carbocycles. The Morgan fingerprint density at radius 1 is 1.03 bits per heavy atom. The van der Waals surface area contributed by atoms with E-state index in [0.29, 0.717) is 6.61 Å². The molecule has 0 radical (unpaired) electrons. The van der Waals surface area contributed by atoms with Gasteiger partial charge in [-0.25, -0.2) is 5.48 Å². The van der Waals surface area contributed by atoms with E-state index < -0.39 is 18.5 Å². The molecule has 154 valence electrons. The molecule has 0 bridgehead atoms. The molecule has 2 aromatic rings. The molecule has 29 heavy (non-hydrogen) atoms. The van der Waals surface area contributed by atoms with Crippen molar-refractivity contribution in [2.24, 2.45) is 5.92 Å². The van der Waals surface area contributed by atoms with Crippen LogP contribution in [0.4, 0.5) is 0 Å². The average molecular weight is 399 g/mol. The van der Waals surface area contributed by atoms with Gasteiger partial charge in [0.25, 0.3) is 0 Å². The maximum atomic E-state index is 12.2. The van der Waals surface area contributed by atoms with Gasteiger partial charge in [0.15, 0.2) is 6.29 Å². The Balaban J connectivity index is 1.28. The minimum Gasteiger partial charge on any atom is -0.390 e. The van der Waals surface area contributed by atoms with E-state index in [-0.39, 0.29) is 37.6 Å². The van der Waals surface area contributed by atoms with Crippen LogP contribution in [0.15, 0.2) is 60.7 Å². The number of carbonyl (C=O) groups excluding carboxylic acids is 1. The lowest BCUT2D eigenvalue weighted by molar-refractivity contribution is -0.308. The summed E-state index contributed by atoms with van der Waals surface area (Å²) < 4.78 is 17.5. The van der Waals surface area contributed by atoms with E-state index in [4.69, 9.17) is 19.0 Å². The van der Waals surface area contributed by atoms with Gasteiger partial charge in [-0.05, 0) is 5.56 Å². The molecule has 0 aromatic heterocycles. The molecule has 7 nitrogen and oxygen atoms in total. The van der Waals surface area contributed by atoms with E-state index in [9.17, 15) is 9.90 Å². The third kappa shape index (κ3) is 5.01. The zero-order valence-electron chi connectivity index (χ0n) is 16.0. The molecule has 1 amide bonds. The van der Waals surface area contributed by atoms with E-state index >= 15 is 0 Å². The maximum Gasteiger partial charge on any atom is 0.244 e. The van der Waals surface area contributed by atoms with Gasteiger partial charge in [-0.15, -0.1) is 0 Å². The van der Waals surface area contributed by atoms with Gasteiger partial charge in [-0.3, -0.25) is 9.63 Å². The summed E-state index contributed by atoms with van der Waals surface area (Å²) in [5, 5.41) is 10.8. The Hall–Kier alpha value is -2.29. The van der Waals surface area contributed by atoms with Crippen LogP contribution in [-0.4, -0.2) is 42.5 Å². The van der Waals surface area contributed by atoms with Crippen molar-refractivity contribution in [3.63, 3.8) is 0 Å². The first-order valence-corrected chi connectivity index (χ1v) is 9.77. The first-order chi connectivity index (χ1) is 14.2. The van der Waals surface area contributed by atoms with Crippen molar-refractivity contribution in [3.8, 4) is 0 Å². The highest BCUT2D eigenvalue weighted by Crippen LogP contribution is 2.34. The highest BCUT2D eigenvalue weighted by atomic mass is 16.7. The number of hydrogen-bond donors (Lipinski definition) is 2. The average Bonchev–Trinajstić information content (AvgIpc) is 2.77. The van der Waals surface area contributed by atoms with Gasteiger partial charge in [0.1, 0.15) is 12.2 Å². The van der Waals surface area contributed by atoms with Crippen LogP contribution >= 0.6 is 0 Å². The van der Waals surface area contributed by atoms with Crippen LogP contribution in [0.5, 0.6) is 0 Å². The molecule has 7 heteroatoms. The lowest BCUT2D eigenvalue weighted by Crippen LogP contribution is -2.56. The maximum absolute atomic E-state index is 12.2. The minimum absolute atomic E-state index is 0.0827. The van der Waals surface area contributed by atoms with Crippen molar-refractivity contribution in [1.82, 2.24) is 5.48 Å². The van der Waals surface area contributed by atoms with Gasteiger partial charge in [0.2, 0.25) is 5.91 Å². The molecule has 2 saturated heterocycles. The van der Waals surface area contributed by atoms with E-state index in [1.165, 1.54) is 0 Å². The molecule has 2 aliphatic rings. The second kappa shape index (κ2) is 9.47. The molecular weight excluding hydrogens is 374 g/mol. The Labute approximate surface area is 169 Å². The SMILES string of the molecule is O=C(C[C@H]1CO[C@@H]2COC(c3ccccc3)O[C@H]2[C@@H]1O)NOCc1ccccc1. The van der Waals surface area contributed by atoms with Crippen LogP contribution in [-0.2, 0) is 30.4 Å². The monoisotopic (exact) mass is 399 g/mol. The van der Waals surface area contributed by atoms with Gasteiger partial charge in [0, 0.05) is 17.9 Å². The van der Waals surface area contributed by atoms with Crippen molar-refractivity contribution in [3.05, 3.63) is 71.8 Å². The second-order valence-corrected chi connectivity index (χ2v) is 7.30. The number of nitrogens with one attached hydrogen (secondary N) is 1. The zero-order valence-corrected chi connectivity index (χ0v) is 16.0. The lowest BCUT2D eigenvalue weighted by Gasteiger charge is -2.44. The van der Waals surface area contributed by atoms with Crippen molar-refractivity contribution in [2.75, 3.05) is 13.2 Å². The summed E-state index contributed by atoms with van der Waals surface area (Å²) in [5.41, 5.74) is 4.27. The largest absolute Gasteiger partial charge is 0.390 e. The summed E-state index contributed by atoms with van der Waals surface area (Å²) in [7, 11) is 0. The summed E-state index contributed by atoms with van der Waals surface area (Å²) >= 11 is 0. The fourth-order valence-corrected chi connectivity index (χ4v) is 3.62. The van der Waals surface area contributed by atoms with Gasteiger partial charge < -0.3 is 19.3 Å². The molecular formula is C22H25NO6. The van der Waals surface area contributed by atoms with Crippen molar-refractivity contribution in [2.45, 2.75) is 37.6 Å². The van der Waals surface area contributed by atoms with Crippen LogP contribution in [0.1, 0.15) is 23.8 Å². The molecule has 0 saturated carbocycles. The minimum atomic E-state index is -0.830. The molecule has 0 spiro atoms. The van der Waals surface area contributed by atoms with Gasteiger partial charge in [-0.1, -0.05) is 60.7 Å². The molecule has 4 rings (SSSR count). The van der Waals surface area contributed by atoms with Crippen LogP contribution in [0.25, 0.3) is 0 Å². The fourth-order valence-electron chi connectivity index (χ4n) is 3.62. The first kappa shape index (κ1) is 20.0. The van der Waals surface area contributed by atoms with E-state index in [2.05, 4.69) is 5.48 Å². The third-order valence-electron chi connectivity index (χ3n) is 5.19. The Bertz CT molecular complexity index is 786. The number of amides is 1. The zero-order chi connectivity index (χ0) is 20.1. The molecule has 2 N–H and O–H groups in total. The topological polar surface area (TPSA) is 86.3 Å². The van der Waals surface area contributed by atoms with Crippen LogP contribution in [0.2, 0.25) is 0 Å². The molecule has 2 aliphatic heterocycles. The van der Waals surface area contributed by atoms with Crippen molar-refractivity contribution in [1.29, 1.82) is 0 Å². The van der Waals surface area contributed by atoms with Crippen molar-refractivity contribution >= 4 is 5.91 Å². The van der Waals surface area contributed by atoms with E-state index in [1.807, 2.05) is 60.7 Å². The number of aliphatic hydroxyl groups excluding tert-OH is 1. The predicted octanol–water partition coefficient (Wildman–Crippen LogP) is 2.11. The molecule has 1 unspecified atom stereocenters.